The van der Waals surface area contributed by atoms with E-state index in [2.05, 4.69) is 16.8 Å². The highest BCUT2D eigenvalue weighted by Crippen LogP contribution is 2.29. The largest absolute Gasteiger partial charge is 0.444 e. The van der Waals surface area contributed by atoms with Crippen LogP contribution in [0.3, 0.4) is 0 Å². The monoisotopic (exact) mass is 459 g/mol. The predicted molar refractivity (Wildman–Crippen MR) is 115 cm³/mol. The first-order valence-corrected chi connectivity index (χ1v) is 10.3. The third-order valence-electron chi connectivity index (χ3n) is 4.78. The van der Waals surface area contributed by atoms with Gasteiger partial charge in [0.25, 0.3) is 5.91 Å². The summed E-state index contributed by atoms with van der Waals surface area (Å²) in [5, 5.41) is 0. The van der Waals surface area contributed by atoms with Gasteiger partial charge in [-0.2, -0.15) is 13.2 Å². The maximum Gasteiger partial charge on any atom is 0.416 e. The van der Waals surface area contributed by atoms with E-state index in [4.69, 9.17) is 4.74 Å². The van der Waals surface area contributed by atoms with Crippen LogP contribution in [0.5, 0.6) is 0 Å². The van der Waals surface area contributed by atoms with Crippen molar-refractivity contribution in [1.82, 2.24) is 14.8 Å². The van der Waals surface area contributed by atoms with Gasteiger partial charge in [-0.1, -0.05) is 5.92 Å². The number of piperazine rings is 1. The Hall–Kier alpha value is -3.54. The molecule has 1 fully saturated rings. The molecule has 0 saturated carbocycles. The van der Waals surface area contributed by atoms with Gasteiger partial charge in [0, 0.05) is 37.9 Å². The van der Waals surface area contributed by atoms with Crippen LogP contribution in [-0.2, 0) is 10.9 Å². The van der Waals surface area contributed by atoms with Crippen LogP contribution in [0.25, 0.3) is 0 Å². The van der Waals surface area contributed by atoms with E-state index in [1.165, 1.54) is 18.3 Å². The summed E-state index contributed by atoms with van der Waals surface area (Å²) in [4.78, 5) is 32.3. The first-order valence-electron chi connectivity index (χ1n) is 10.3. The molecule has 33 heavy (non-hydrogen) atoms. The highest BCUT2D eigenvalue weighted by molar-refractivity contribution is 5.94. The molecule has 0 aliphatic carbocycles. The third kappa shape index (κ3) is 6.72. The SMILES string of the molecule is CC(C)(C)OC(=O)N1CCN(C(=O)c2ccc(C#Cc3ccc(C(F)(F)F)cc3)nc2)CC1. The Balaban J connectivity index is 1.57. The van der Waals surface area contributed by atoms with E-state index in [9.17, 15) is 22.8 Å². The van der Waals surface area contributed by atoms with Gasteiger partial charge in [0.2, 0.25) is 0 Å². The van der Waals surface area contributed by atoms with Gasteiger partial charge in [0.1, 0.15) is 11.3 Å². The Bertz CT molecular complexity index is 1060. The summed E-state index contributed by atoms with van der Waals surface area (Å²) in [6.45, 7) is 6.93. The Kier molecular flexibility index (Phi) is 6.96. The smallest absolute Gasteiger partial charge is 0.416 e. The van der Waals surface area contributed by atoms with Crippen LogP contribution in [0.2, 0.25) is 0 Å². The van der Waals surface area contributed by atoms with Gasteiger partial charge in [-0.05, 0) is 63.1 Å². The number of carbonyl (C=O) groups excluding carboxylic acids is 2. The predicted octanol–water partition coefficient (Wildman–Crippen LogP) is 4.19. The lowest BCUT2D eigenvalue weighted by atomic mass is 10.1. The zero-order valence-corrected chi connectivity index (χ0v) is 18.6. The average molecular weight is 459 g/mol. The summed E-state index contributed by atoms with van der Waals surface area (Å²) in [6.07, 6.45) is -3.37. The van der Waals surface area contributed by atoms with Crippen LogP contribution in [0.15, 0.2) is 42.6 Å². The summed E-state index contributed by atoms with van der Waals surface area (Å²) < 4.78 is 43.2. The summed E-state index contributed by atoms with van der Waals surface area (Å²) in [5.41, 5.74) is -0.108. The van der Waals surface area contributed by atoms with Crippen molar-refractivity contribution in [1.29, 1.82) is 0 Å². The normalized spacial score (nSPS) is 14.4. The summed E-state index contributed by atoms with van der Waals surface area (Å²) in [6, 6.07) is 7.73. The Morgan fingerprint density at radius 2 is 1.52 bits per heavy atom. The molecule has 6 nitrogen and oxygen atoms in total. The van der Waals surface area contributed by atoms with Crippen molar-refractivity contribution in [2.75, 3.05) is 26.2 Å². The molecule has 1 aromatic carbocycles. The molecule has 0 radical (unpaired) electrons. The van der Waals surface area contributed by atoms with Gasteiger partial charge in [-0.15, -0.1) is 0 Å². The summed E-state index contributed by atoms with van der Waals surface area (Å²) in [5.74, 6) is 5.33. The van der Waals surface area contributed by atoms with Gasteiger partial charge in [-0.3, -0.25) is 4.79 Å². The molecule has 174 valence electrons. The van der Waals surface area contributed by atoms with Gasteiger partial charge >= 0.3 is 12.3 Å². The van der Waals surface area contributed by atoms with Crippen molar-refractivity contribution in [3.63, 3.8) is 0 Å². The molecule has 1 aromatic heterocycles. The average Bonchev–Trinajstić information content (AvgIpc) is 2.76. The second-order valence-electron chi connectivity index (χ2n) is 8.52. The fourth-order valence-electron chi connectivity index (χ4n) is 3.07. The molecular weight excluding hydrogens is 435 g/mol. The van der Waals surface area contributed by atoms with E-state index in [1.807, 2.05) is 0 Å². The molecule has 2 amide bonds. The molecular formula is C24H24F3N3O3. The van der Waals surface area contributed by atoms with E-state index < -0.39 is 23.4 Å². The Morgan fingerprint density at radius 1 is 0.909 bits per heavy atom. The highest BCUT2D eigenvalue weighted by atomic mass is 19.4. The van der Waals surface area contributed by atoms with Crippen LogP contribution < -0.4 is 0 Å². The minimum Gasteiger partial charge on any atom is -0.444 e. The van der Waals surface area contributed by atoms with Crippen LogP contribution >= 0.6 is 0 Å². The number of pyridine rings is 1. The highest BCUT2D eigenvalue weighted by Gasteiger charge is 2.30. The molecule has 2 heterocycles. The molecule has 0 unspecified atom stereocenters. The number of hydrogen-bond donors (Lipinski definition) is 0. The lowest BCUT2D eigenvalue weighted by Gasteiger charge is -2.35. The lowest BCUT2D eigenvalue weighted by molar-refractivity contribution is -0.137. The number of rotatable bonds is 1. The minimum absolute atomic E-state index is 0.200. The molecule has 1 aliphatic heterocycles. The minimum atomic E-state index is -4.39. The van der Waals surface area contributed by atoms with E-state index in [0.29, 0.717) is 43.0 Å². The molecule has 1 aliphatic rings. The number of amides is 2. The van der Waals surface area contributed by atoms with Crippen molar-refractivity contribution in [3.05, 3.63) is 65.0 Å². The number of hydrogen-bond acceptors (Lipinski definition) is 4. The van der Waals surface area contributed by atoms with Crippen molar-refractivity contribution in [2.24, 2.45) is 0 Å². The molecule has 1 saturated heterocycles. The van der Waals surface area contributed by atoms with Crippen molar-refractivity contribution in [2.45, 2.75) is 32.5 Å². The number of halogens is 3. The van der Waals surface area contributed by atoms with Crippen molar-refractivity contribution >= 4 is 12.0 Å². The van der Waals surface area contributed by atoms with Gasteiger partial charge < -0.3 is 14.5 Å². The van der Waals surface area contributed by atoms with Crippen LogP contribution in [0, 0.1) is 11.8 Å². The van der Waals surface area contributed by atoms with Crippen molar-refractivity contribution in [3.8, 4) is 11.8 Å². The summed E-state index contributed by atoms with van der Waals surface area (Å²) >= 11 is 0. The maximum atomic E-state index is 12.7. The van der Waals surface area contributed by atoms with E-state index in [-0.39, 0.29) is 5.91 Å². The molecule has 0 atom stereocenters. The van der Waals surface area contributed by atoms with E-state index >= 15 is 0 Å². The molecule has 0 spiro atoms. The van der Waals surface area contributed by atoms with Gasteiger partial charge in [0.05, 0.1) is 11.1 Å². The first-order chi connectivity index (χ1) is 15.4. The molecule has 3 rings (SSSR count). The first kappa shape index (κ1) is 24.1. The topological polar surface area (TPSA) is 62.7 Å². The van der Waals surface area contributed by atoms with Crippen molar-refractivity contribution < 1.29 is 27.5 Å². The molecule has 0 N–H and O–H groups in total. The quantitative estimate of drug-likeness (QED) is 0.600. The molecule has 0 bridgehead atoms. The number of alkyl halides is 3. The zero-order valence-electron chi connectivity index (χ0n) is 18.6. The van der Waals surface area contributed by atoms with E-state index in [1.54, 1.807) is 42.7 Å². The number of nitrogens with zero attached hydrogens (tertiary/aromatic N) is 3. The third-order valence-corrected chi connectivity index (χ3v) is 4.78. The van der Waals surface area contributed by atoms with Gasteiger partial charge in [-0.25, -0.2) is 9.78 Å². The molecule has 9 heteroatoms. The fourth-order valence-corrected chi connectivity index (χ4v) is 3.07. The maximum absolute atomic E-state index is 12.7. The lowest BCUT2D eigenvalue weighted by Crippen LogP contribution is -2.51. The second-order valence-corrected chi connectivity index (χ2v) is 8.52. The van der Waals surface area contributed by atoms with E-state index in [0.717, 1.165) is 12.1 Å². The van der Waals surface area contributed by atoms with Crippen LogP contribution in [0.1, 0.15) is 48.0 Å². The number of aromatic nitrogens is 1. The number of ether oxygens (including phenoxy) is 1. The number of carbonyl (C=O) groups is 2. The second kappa shape index (κ2) is 9.53. The van der Waals surface area contributed by atoms with Gasteiger partial charge in [0.15, 0.2) is 0 Å². The fraction of sp³-hybridized carbons (Fsp3) is 0.375. The van der Waals surface area contributed by atoms with Crippen LogP contribution in [0.4, 0.5) is 18.0 Å². The summed E-state index contributed by atoms with van der Waals surface area (Å²) in [7, 11) is 0. The number of benzene rings is 1. The van der Waals surface area contributed by atoms with Crippen LogP contribution in [-0.4, -0.2) is 58.6 Å². The zero-order chi connectivity index (χ0) is 24.2. The molecule has 2 aromatic rings. The standard InChI is InChI=1S/C24H24F3N3O3/c1-23(2,3)33-22(32)30-14-12-29(13-15-30)21(31)18-7-11-20(28-16-18)10-6-17-4-8-19(9-5-17)24(25,26)27/h4-5,7-9,11,16H,12-15H2,1-3H3. The Labute approximate surface area is 190 Å². The Morgan fingerprint density at radius 3 is 2.03 bits per heavy atom.